The number of ether oxygens (including phenoxy) is 1. The van der Waals surface area contributed by atoms with Gasteiger partial charge in [-0.25, -0.2) is 4.79 Å². The van der Waals surface area contributed by atoms with Crippen LogP contribution in [-0.4, -0.2) is 40.5 Å². The summed E-state index contributed by atoms with van der Waals surface area (Å²) in [6.45, 7) is 0. The van der Waals surface area contributed by atoms with Crippen molar-refractivity contribution in [3.05, 3.63) is 38.7 Å². The first-order valence-corrected chi connectivity index (χ1v) is 11.1. The molecule has 3 aromatic heterocycles. The van der Waals surface area contributed by atoms with E-state index in [1.54, 1.807) is 6.07 Å². The minimum atomic E-state index is -0.802. The molecule has 1 aliphatic rings. The second-order valence-electron chi connectivity index (χ2n) is 6.56. The van der Waals surface area contributed by atoms with Crippen LogP contribution in [0.2, 0.25) is 5.02 Å². The average Bonchev–Trinajstić information content (AvgIpc) is 3.44. The number of carbonyl (C=O) groups is 1. The summed E-state index contributed by atoms with van der Waals surface area (Å²) in [6.07, 6.45) is 1.74. The van der Waals surface area contributed by atoms with Crippen LogP contribution in [0.15, 0.2) is 26.7 Å². The van der Waals surface area contributed by atoms with Gasteiger partial charge in [-0.1, -0.05) is 22.9 Å². The van der Waals surface area contributed by atoms with Gasteiger partial charge in [0.1, 0.15) is 0 Å². The third-order valence-corrected chi connectivity index (χ3v) is 6.95. The molecule has 9 nitrogen and oxygen atoms in total. The second kappa shape index (κ2) is 8.72. The van der Waals surface area contributed by atoms with Gasteiger partial charge in [-0.2, -0.15) is 0 Å². The fourth-order valence-electron chi connectivity index (χ4n) is 3.17. The summed E-state index contributed by atoms with van der Waals surface area (Å²) in [5.74, 6) is -0.942. The number of hydrogen-bond donors (Lipinski definition) is 3. The van der Waals surface area contributed by atoms with E-state index in [1.807, 2.05) is 5.38 Å². The SMILES string of the molecule is COc1c(N[C@@H]2CCC[C@@H]2O)cc(C(=O)Nc2nnc(-c3sccc3Cl)s2)oc1=O. The smallest absolute Gasteiger partial charge is 0.381 e. The zero-order chi connectivity index (χ0) is 21.3. The number of thiophene rings is 1. The fourth-order valence-corrected chi connectivity index (χ4v) is 5.22. The molecule has 3 N–H and O–H groups in total. The number of methoxy groups -OCH3 is 1. The maximum absolute atomic E-state index is 12.6. The van der Waals surface area contributed by atoms with Crippen molar-refractivity contribution < 1.29 is 19.1 Å². The van der Waals surface area contributed by atoms with Crippen molar-refractivity contribution >= 4 is 51.0 Å². The lowest BCUT2D eigenvalue weighted by atomic mass is 10.2. The van der Waals surface area contributed by atoms with Crippen molar-refractivity contribution in [3.8, 4) is 15.6 Å². The molecule has 1 saturated carbocycles. The highest BCUT2D eigenvalue weighted by molar-refractivity contribution is 7.23. The first kappa shape index (κ1) is 20.8. The van der Waals surface area contributed by atoms with E-state index in [2.05, 4.69) is 20.8 Å². The summed E-state index contributed by atoms with van der Waals surface area (Å²) >= 11 is 8.67. The maximum atomic E-state index is 12.6. The van der Waals surface area contributed by atoms with Gasteiger partial charge in [-0.05, 0) is 30.7 Å². The summed E-state index contributed by atoms with van der Waals surface area (Å²) in [7, 11) is 1.33. The van der Waals surface area contributed by atoms with Crippen LogP contribution < -0.4 is 21.0 Å². The fraction of sp³-hybridized carbons (Fsp3) is 0.333. The number of amides is 1. The van der Waals surface area contributed by atoms with Crippen LogP contribution in [0.4, 0.5) is 10.8 Å². The van der Waals surface area contributed by atoms with Gasteiger partial charge in [-0.15, -0.1) is 21.5 Å². The quantitative estimate of drug-likeness (QED) is 0.502. The van der Waals surface area contributed by atoms with Gasteiger partial charge < -0.3 is 19.6 Å². The normalized spacial score (nSPS) is 18.4. The third kappa shape index (κ3) is 4.19. The lowest BCUT2D eigenvalue weighted by Gasteiger charge is -2.19. The van der Waals surface area contributed by atoms with Crippen LogP contribution in [0.1, 0.15) is 29.8 Å². The first-order chi connectivity index (χ1) is 14.5. The molecule has 0 saturated heterocycles. The highest BCUT2D eigenvalue weighted by Gasteiger charge is 2.27. The summed E-state index contributed by atoms with van der Waals surface area (Å²) in [6, 6.07) is 2.89. The van der Waals surface area contributed by atoms with Crippen LogP contribution in [-0.2, 0) is 0 Å². The minimum absolute atomic E-state index is 0.0591. The van der Waals surface area contributed by atoms with Gasteiger partial charge >= 0.3 is 5.63 Å². The molecular formula is C18H17ClN4O5S2. The van der Waals surface area contributed by atoms with Crippen molar-refractivity contribution in [1.29, 1.82) is 0 Å². The largest absolute Gasteiger partial charge is 0.488 e. The Morgan fingerprint density at radius 1 is 1.40 bits per heavy atom. The van der Waals surface area contributed by atoms with Crippen molar-refractivity contribution in [1.82, 2.24) is 10.2 Å². The minimum Gasteiger partial charge on any atom is -0.488 e. The Morgan fingerprint density at radius 3 is 2.90 bits per heavy atom. The van der Waals surface area contributed by atoms with Gasteiger partial charge in [-0.3, -0.25) is 10.1 Å². The van der Waals surface area contributed by atoms with Crippen molar-refractivity contribution in [2.45, 2.75) is 31.4 Å². The predicted octanol–water partition coefficient (Wildman–Crippen LogP) is 3.46. The molecular weight excluding hydrogens is 452 g/mol. The molecule has 0 aromatic carbocycles. The van der Waals surface area contributed by atoms with Crippen LogP contribution in [0, 0.1) is 0 Å². The number of aliphatic hydroxyl groups is 1. The number of nitrogens with zero attached hydrogens (tertiary/aromatic N) is 2. The molecule has 158 valence electrons. The number of nitrogens with one attached hydrogen (secondary N) is 2. The Kier molecular flexibility index (Phi) is 6.04. The molecule has 0 unspecified atom stereocenters. The number of halogens is 1. The Morgan fingerprint density at radius 2 is 2.23 bits per heavy atom. The van der Waals surface area contributed by atoms with E-state index in [1.165, 1.54) is 24.5 Å². The molecule has 0 bridgehead atoms. The van der Waals surface area contributed by atoms with Gasteiger partial charge in [0.2, 0.25) is 10.9 Å². The van der Waals surface area contributed by atoms with E-state index in [0.717, 1.165) is 29.1 Å². The topological polar surface area (TPSA) is 127 Å². The molecule has 1 aliphatic carbocycles. The van der Waals surface area contributed by atoms with Crippen LogP contribution in [0.5, 0.6) is 5.75 Å². The van der Waals surface area contributed by atoms with E-state index in [-0.39, 0.29) is 28.4 Å². The monoisotopic (exact) mass is 468 g/mol. The standard InChI is InChI=1S/C18H17ClN4O5S2/c1-27-13-10(20-9-3-2-4-11(9)24)7-12(28-17(13)26)15(25)21-18-23-22-16(30-18)14-8(19)5-6-29-14/h5-7,9,11,20,24H,2-4H2,1H3,(H,21,23,25)/t9-,11+/m1/s1. The van der Waals surface area contributed by atoms with Crippen LogP contribution in [0.25, 0.3) is 9.88 Å². The summed E-state index contributed by atoms with van der Waals surface area (Å²) < 4.78 is 10.2. The number of aliphatic hydroxyl groups excluding tert-OH is 1. The van der Waals surface area contributed by atoms with Gasteiger partial charge in [0.15, 0.2) is 10.8 Å². The molecule has 1 amide bonds. The summed E-state index contributed by atoms with van der Waals surface area (Å²) in [5, 5.41) is 26.9. The number of aromatic nitrogens is 2. The van der Waals surface area contributed by atoms with E-state index in [4.69, 9.17) is 20.8 Å². The Hall–Kier alpha value is -2.47. The average molecular weight is 469 g/mol. The van der Waals surface area contributed by atoms with Gasteiger partial charge in [0.25, 0.3) is 5.91 Å². The van der Waals surface area contributed by atoms with Gasteiger partial charge in [0, 0.05) is 6.07 Å². The Bertz CT molecular complexity index is 1130. The van der Waals surface area contributed by atoms with E-state index >= 15 is 0 Å². The zero-order valence-corrected chi connectivity index (χ0v) is 18.1. The molecule has 30 heavy (non-hydrogen) atoms. The molecule has 2 atom stereocenters. The van der Waals surface area contributed by atoms with Gasteiger partial charge in [0.05, 0.1) is 34.8 Å². The van der Waals surface area contributed by atoms with Crippen molar-refractivity contribution in [2.75, 3.05) is 17.7 Å². The third-order valence-electron chi connectivity index (χ3n) is 4.61. The summed E-state index contributed by atoms with van der Waals surface area (Å²) in [4.78, 5) is 25.7. The van der Waals surface area contributed by atoms with Crippen LogP contribution >= 0.6 is 34.3 Å². The van der Waals surface area contributed by atoms with Crippen molar-refractivity contribution in [2.24, 2.45) is 0 Å². The predicted molar refractivity (Wildman–Crippen MR) is 115 cm³/mol. The van der Waals surface area contributed by atoms with E-state index in [9.17, 15) is 14.7 Å². The molecule has 3 aromatic rings. The zero-order valence-electron chi connectivity index (χ0n) is 15.7. The number of carbonyl (C=O) groups excluding carboxylic acids is 1. The highest BCUT2D eigenvalue weighted by atomic mass is 35.5. The second-order valence-corrected chi connectivity index (χ2v) is 8.86. The molecule has 0 spiro atoms. The van der Waals surface area contributed by atoms with Crippen LogP contribution in [0.3, 0.4) is 0 Å². The lowest BCUT2D eigenvalue weighted by molar-refractivity contribution is 0.0991. The molecule has 0 radical (unpaired) electrons. The number of anilines is 2. The lowest BCUT2D eigenvalue weighted by Crippen LogP contribution is -2.29. The highest BCUT2D eigenvalue weighted by Crippen LogP contribution is 2.36. The molecule has 12 heteroatoms. The molecule has 4 rings (SSSR count). The number of hydrogen-bond acceptors (Lipinski definition) is 10. The van der Waals surface area contributed by atoms with Crippen molar-refractivity contribution in [3.63, 3.8) is 0 Å². The molecule has 1 fully saturated rings. The number of rotatable bonds is 6. The molecule has 0 aliphatic heterocycles. The Labute approximate surface area is 183 Å². The van der Waals surface area contributed by atoms with E-state index in [0.29, 0.717) is 16.5 Å². The molecule has 3 heterocycles. The first-order valence-electron chi connectivity index (χ1n) is 9.01. The summed E-state index contributed by atoms with van der Waals surface area (Å²) in [5.41, 5.74) is -0.517. The van der Waals surface area contributed by atoms with E-state index < -0.39 is 17.6 Å². The Balaban J connectivity index is 1.56. The maximum Gasteiger partial charge on any atom is 0.381 e.